The van der Waals surface area contributed by atoms with Gasteiger partial charge in [-0.05, 0) is 91.3 Å². The lowest BCUT2D eigenvalue weighted by Gasteiger charge is -2.58. The van der Waals surface area contributed by atoms with E-state index in [-0.39, 0.29) is 34.5 Å². The van der Waals surface area contributed by atoms with Crippen molar-refractivity contribution in [2.75, 3.05) is 0 Å². The molecule has 1 spiro atoms. The van der Waals surface area contributed by atoms with Crippen LogP contribution in [0.1, 0.15) is 79.6 Å². The molecule has 5 saturated carbocycles. The summed E-state index contributed by atoms with van der Waals surface area (Å²) in [6.07, 6.45) is 5.84. The fourth-order valence-electron chi connectivity index (χ4n) is 10.3. The molecule has 164 valence electrons. The number of hydrogen-bond acceptors (Lipinski definition) is 3. The van der Waals surface area contributed by atoms with Crippen molar-refractivity contribution < 1.29 is 20.1 Å². The summed E-state index contributed by atoms with van der Waals surface area (Å²) < 4.78 is 0. The fraction of sp³-hybridized carbons (Fsp3) is 0.960. The van der Waals surface area contributed by atoms with Crippen LogP contribution in [0.2, 0.25) is 0 Å². The molecule has 3 N–H and O–H groups in total. The molecule has 0 aromatic heterocycles. The number of carboxylic acid groups (broad SMARTS) is 1. The summed E-state index contributed by atoms with van der Waals surface area (Å²) in [4.78, 5) is 13.0. The first-order valence-electron chi connectivity index (χ1n) is 12.1. The van der Waals surface area contributed by atoms with E-state index in [9.17, 15) is 20.1 Å². The van der Waals surface area contributed by atoms with Crippen molar-refractivity contribution in [3.05, 3.63) is 0 Å². The number of hydrogen-bond donors (Lipinski definition) is 3. The van der Waals surface area contributed by atoms with E-state index in [4.69, 9.17) is 0 Å². The van der Waals surface area contributed by atoms with Gasteiger partial charge in [0, 0.05) is 5.92 Å². The number of aliphatic carboxylic acids is 1. The molecule has 0 bridgehead atoms. The molecule has 0 aromatic rings. The predicted octanol–water partition coefficient (Wildman–Crippen LogP) is 4.33. The molecule has 2 unspecified atom stereocenters. The minimum atomic E-state index is -1.30. The molecule has 0 saturated heterocycles. The molecule has 4 nitrogen and oxygen atoms in total. The first-order valence-corrected chi connectivity index (χ1v) is 12.1. The van der Waals surface area contributed by atoms with Gasteiger partial charge in [-0.15, -0.1) is 0 Å². The van der Waals surface area contributed by atoms with E-state index in [0.717, 1.165) is 38.5 Å². The minimum absolute atomic E-state index is 0.0814. The van der Waals surface area contributed by atoms with Gasteiger partial charge in [0.15, 0.2) is 0 Å². The van der Waals surface area contributed by atoms with Crippen molar-refractivity contribution in [2.45, 2.75) is 91.3 Å². The molecule has 29 heavy (non-hydrogen) atoms. The van der Waals surface area contributed by atoms with E-state index < -0.39 is 23.1 Å². The van der Waals surface area contributed by atoms with Gasteiger partial charge in [0.25, 0.3) is 0 Å². The normalized spacial score (nSPS) is 60.8. The van der Waals surface area contributed by atoms with Gasteiger partial charge < -0.3 is 15.3 Å². The third-order valence-electron chi connectivity index (χ3n) is 11.5. The van der Waals surface area contributed by atoms with Crippen LogP contribution in [0.25, 0.3) is 0 Å². The Morgan fingerprint density at radius 2 is 1.76 bits per heavy atom. The predicted molar refractivity (Wildman–Crippen MR) is 111 cm³/mol. The molecular formula is C25H40O4. The Hall–Kier alpha value is -0.610. The summed E-state index contributed by atoms with van der Waals surface area (Å²) in [5.41, 5.74) is -2.82. The van der Waals surface area contributed by atoms with Gasteiger partial charge in [0.05, 0.1) is 11.7 Å². The zero-order valence-electron chi connectivity index (χ0n) is 18.8. The molecule has 5 aliphatic rings. The van der Waals surface area contributed by atoms with Crippen molar-refractivity contribution in [3.8, 4) is 0 Å². The lowest BCUT2D eigenvalue weighted by Crippen LogP contribution is -2.66. The number of carbonyl (C=O) groups is 1. The minimum Gasteiger partial charge on any atom is -0.481 e. The molecule has 0 aliphatic heterocycles. The van der Waals surface area contributed by atoms with Crippen LogP contribution in [-0.2, 0) is 4.79 Å². The highest BCUT2D eigenvalue weighted by atomic mass is 16.4. The van der Waals surface area contributed by atoms with Crippen LogP contribution in [0.5, 0.6) is 0 Å². The maximum Gasteiger partial charge on any atom is 0.313 e. The number of aliphatic hydroxyl groups excluding tert-OH is 1. The van der Waals surface area contributed by atoms with Crippen molar-refractivity contribution in [1.29, 1.82) is 0 Å². The van der Waals surface area contributed by atoms with Gasteiger partial charge >= 0.3 is 5.97 Å². The van der Waals surface area contributed by atoms with Gasteiger partial charge in [-0.3, -0.25) is 4.79 Å². The van der Waals surface area contributed by atoms with Crippen molar-refractivity contribution in [2.24, 2.45) is 57.7 Å². The maximum absolute atomic E-state index is 13.0. The summed E-state index contributed by atoms with van der Waals surface area (Å²) in [6, 6.07) is 0. The average molecular weight is 405 g/mol. The van der Waals surface area contributed by atoms with Crippen LogP contribution in [0.3, 0.4) is 0 Å². The molecule has 4 heteroatoms. The molecule has 0 heterocycles. The van der Waals surface area contributed by atoms with E-state index in [0.29, 0.717) is 24.2 Å². The van der Waals surface area contributed by atoms with Gasteiger partial charge in [0.2, 0.25) is 0 Å². The molecule has 11 atom stereocenters. The van der Waals surface area contributed by atoms with Crippen LogP contribution in [0, 0.1) is 57.7 Å². The highest BCUT2D eigenvalue weighted by molar-refractivity contribution is 5.84. The highest BCUT2D eigenvalue weighted by Crippen LogP contribution is 2.88. The molecule has 0 amide bonds. The van der Waals surface area contributed by atoms with Gasteiger partial charge in [0.1, 0.15) is 5.41 Å². The number of aliphatic hydroxyl groups is 2. The Morgan fingerprint density at radius 1 is 1.07 bits per heavy atom. The average Bonchev–Trinajstić information content (AvgIpc) is 2.96. The van der Waals surface area contributed by atoms with Crippen LogP contribution in [0.15, 0.2) is 0 Å². The largest absolute Gasteiger partial charge is 0.481 e. The molecule has 5 rings (SSSR count). The first-order chi connectivity index (χ1) is 13.5. The summed E-state index contributed by atoms with van der Waals surface area (Å²) in [7, 11) is 0. The monoisotopic (exact) mass is 404 g/mol. The quantitative estimate of drug-likeness (QED) is 0.640. The van der Waals surface area contributed by atoms with Crippen molar-refractivity contribution in [3.63, 3.8) is 0 Å². The van der Waals surface area contributed by atoms with Gasteiger partial charge in [-0.1, -0.05) is 34.6 Å². The number of rotatable bonds is 2. The molecule has 0 aromatic carbocycles. The standard InChI is InChI=1S/C25H40O4/c1-13(2)16-9-10-22(5)17(16)12-24(29)19(20(22)26)14(3)8-11-23-15(4)6-7-18(23)25(23,24)21(27)28/h13-20,26,29H,6-12H2,1-5H3,(H,27,28)/t14-,15-,16+,17-,18?,19-,20+,22-,23-,24+,25?/m0/s1. The second-order valence-electron chi connectivity index (χ2n) is 12.4. The Balaban J connectivity index is 1.69. The Labute approximate surface area is 175 Å². The number of fused-ring (bicyclic) bond motifs is 4. The van der Waals surface area contributed by atoms with Crippen molar-refractivity contribution in [1.82, 2.24) is 0 Å². The summed E-state index contributed by atoms with van der Waals surface area (Å²) in [5, 5.41) is 35.1. The van der Waals surface area contributed by atoms with Crippen LogP contribution in [-0.4, -0.2) is 33.0 Å². The topological polar surface area (TPSA) is 77.8 Å². The molecule has 5 aliphatic carbocycles. The first kappa shape index (κ1) is 20.3. The van der Waals surface area contributed by atoms with E-state index in [2.05, 4.69) is 34.6 Å². The Bertz CT molecular complexity index is 734. The zero-order valence-corrected chi connectivity index (χ0v) is 18.8. The van der Waals surface area contributed by atoms with Crippen LogP contribution in [0.4, 0.5) is 0 Å². The van der Waals surface area contributed by atoms with Crippen LogP contribution >= 0.6 is 0 Å². The third-order valence-corrected chi connectivity index (χ3v) is 11.5. The van der Waals surface area contributed by atoms with E-state index in [1.54, 1.807) is 0 Å². The molecule has 0 radical (unpaired) electrons. The number of carboxylic acids is 1. The second kappa shape index (κ2) is 5.79. The Kier molecular flexibility index (Phi) is 4.05. The fourth-order valence-corrected chi connectivity index (χ4v) is 10.3. The molecule has 5 fully saturated rings. The highest BCUT2D eigenvalue weighted by Gasteiger charge is 2.92. The summed E-state index contributed by atoms with van der Waals surface area (Å²) in [5.74, 6) is 0.604. The van der Waals surface area contributed by atoms with Gasteiger partial charge in [-0.25, -0.2) is 0 Å². The SMILES string of the molecule is CC(C)[C@H]1CC[C@]2(C)[C@H](O)[C@@H]3[C@@H](C)CC[C@@]45C(CC[C@@H]4C)C5(C(=O)O)[C@@]3(O)C[C@@H]12. The lowest BCUT2D eigenvalue weighted by atomic mass is 9.49. The maximum atomic E-state index is 13.0. The Morgan fingerprint density at radius 3 is 2.38 bits per heavy atom. The van der Waals surface area contributed by atoms with E-state index in [1.807, 2.05) is 0 Å². The summed E-state index contributed by atoms with van der Waals surface area (Å²) >= 11 is 0. The summed E-state index contributed by atoms with van der Waals surface area (Å²) in [6.45, 7) is 11.1. The van der Waals surface area contributed by atoms with Crippen LogP contribution < -0.4 is 0 Å². The van der Waals surface area contributed by atoms with Gasteiger partial charge in [-0.2, -0.15) is 0 Å². The van der Waals surface area contributed by atoms with E-state index in [1.165, 1.54) is 0 Å². The molecular weight excluding hydrogens is 364 g/mol. The second-order valence-corrected chi connectivity index (χ2v) is 12.4. The lowest BCUT2D eigenvalue weighted by molar-refractivity contribution is -0.232. The zero-order chi connectivity index (χ0) is 21.1. The van der Waals surface area contributed by atoms with Crippen molar-refractivity contribution >= 4 is 5.97 Å². The smallest absolute Gasteiger partial charge is 0.313 e. The van der Waals surface area contributed by atoms with E-state index >= 15 is 0 Å². The third kappa shape index (κ3) is 1.94.